The van der Waals surface area contributed by atoms with Crippen molar-refractivity contribution in [1.29, 1.82) is 0 Å². The maximum absolute atomic E-state index is 11.3. The molecule has 20 heavy (non-hydrogen) atoms. The molecule has 1 aliphatic heterocycles. The van der Waals surface area contributed by atoms with Crippen molar-refractivity contribution in [2.24, 2.45) is 5.73 Å². The quantitative estimate of drug-likeness (QED) is 0.804. The molecule has 0 aromatic heterocycles. The second-order valence-electron chi connectivity index (χ2n) is 5.20. The Morgan fingerprint density at radius 3 is 2.55 bits per heavy atom. The first-order valence-corrected chi connectivity index (χ1v) is 7.05. The van der Waals surface area contributed by atoms with Crippen LogP contribution in [0.5, 0.6) is 5.75 Å². The molecule has 0 bridgehead atoms. The van der Waals surface area contributed by atoms with Gasteiger partial charge < -0.3 is 15.8 Å². The number of nitrogens with two attached hydrogens (primary N) is 1. The standard InChI is InChI=1S/C15H23N3O2/c1-20-14-4-2-12(3-5-14)10-18(11-15(16)19)13-6-8-17-9-7-13/h2-5,13,17H,6-11H2,1H3,(H2,16,19). The minimum Gasteiger partial charge on any atom is -0.497 e. The summed E-state index contributed by atoms with van der Waals surface area (Å²) in [6.45, 7) is 3.07. The summed E-state index contributed by atoms with van der Waals surface area (Å²) in [6, 6.07) is 8.38. The molecule has 1 heterocycles. The lowest BCUT2D eigenvalue weighted by molar-refractivity contribution is -0.120. The molecule has 110 valence electrons. The second kappa shape index (κ2) is 7.26. The Balaban J connectivity index is 2.03. The highest BCUT2D eigenvalue weighted by Crippen LogP contribution is 2.17. The van der Waals surface area contributed by atoms with Crippen molar-refractivity contribution >= 4 is 5.91 Å². The number of hydrogen-bond donors (Lipinski definition) is 2. The average Bonchev–Trinajstić information content (AvgIpc) is 2.48. The molecule has 0 saturated carbocycles. The van der Waals surface area contributed by atoms with Crippen molar-refractivity contribution in [1.82, 2.24) is 10.2 Å². The fourth-order valence-corrected chi connectivity index (χ4v) is 2.65. The van der Waals surface area contributed by atoms with Gasteiger partial charge in [-0.3, -0.25) is 9.69 Å². The minimum atomic E-state index is -0.267. The topological polar surface area (TPSA) is 67.6 Å². The number of carbonyl (C=O) groups is 1. The van der Waals surface area contributed by atoms with Crippen LogP contribution in [0.15, 0.2) is 24.3 Å². The molecule has 0 unspecified atom stereocenters. The van der Waals surface area contributed by atoms with Crippen LogP contribution in [0.25, 0.3) is 0 Å². The summed E-state index contributed by atoms with van der Waals surface area (Å²) in [6.07, 6.45) is 2.12. The highest BCUT2D eigenvalue weighted by molar-refractivity contribution is 5.75. The van der Waals surface area contributed by atoms with E-state index in [1.54, 1.807) is 7.11 Å². The molecule has 2 rings (SSSR count). The zero-order valence-corrected chi connectivity index (χ0v) is 12.0. The summed E-state index contributed by atoms with van der Waals surface area (Å²) in [5, 5.41) is 3.34. The summed E-state index contributed by atoms with van der Waals surface area (Å²) in [5.41, 5.74) is 6.55. The first-order chi connectivity index (χ1) is 9.69. The normalized spacial score (nSPS) is 16.3. The number of amides is 1. The van der Waals surface area contributed by atoms with E-state index in [9.17, 15) is 4.79 Å². The molecule has 0 aliphatic carbocycles. The van der Waals surface area contributed by atoms with Crippen LogP contribution in [-0.2, 0) is 11.3 Å². The van der Waals surface area contributed by atoms with Gasteiger partial charge in [-0.15, -0.1) is 0 Å². The fraction of sp³-hybridized carbons (Fsp3) is 0.533. The van der Waals surface area contributed by atoms with Crippen molar-refractivity contribution in [3.05, 3.63) is 29.8 Å². The molecule has 1 aromatic carbocycles. The number of benzene rings is 1. The molecule has 5 nitrogen and oxygen atoms in total. The van der Waals surface area contributed by atoms with E-state index >= 15 is 0 Å². The summed E-state index contributed by atoms with van der Waals surface area (Å²) < 4.78 is 5.16. The Kier molecular flexibility index (Phi) is 5.38. The maximum atomic E-state index is 11.3. The van der Waals surface area contributed by atoms with Crippen LogP contribution in [0, 0.1) is 0 Å². The molecule has 1 aliphatic rings. The van der Waals surface area contributed by atoms with E-state index in [1.165, 1.54) is 5.56 Å². The maximum Gasteiger partial charge on any atom is 0.231 e. The van der Waals surface area contributed by atoms with Crippen molar-refractivity contribution in [2.45, 2.75) is 25.4 Å². The molecule has 0 spiro atoms. The summed E-state index contributed by atoms with van der Waals surface area (Å²) in [4.78, 5) is 13.5. The molecule has 5 heteroatoms. The number of rotatable bonds is 6. The number of ether oxygens (including phenoxy) is 1. The predicted octanol–water partition coefficient (Wildman–Crippen LogP) is 0.735. The van der Waals surface area contributed by atoms with Crippen LogP contribution in [-0.4, -0.2) is 43.6 Å². The van der Waals surface area contributed by atoms with Gasteiger partial charge in [-0.1, -0.05) is 12.1 Å². The molecule has 3 N–H and O–H groups in total. The molecular weight excluding hydrogens is 254 g/mol. The van der Waals surface area contributed by atoms with E-state index < -0.39 is 0 Å². The highest BCUT2D eigenvalue weighted by atomic mass is 16.5. The monoisotopic (exact) mass is 277 g/mol. The Hall–Kier alpha value is -1.59. The first kappa shape index (κ1) is 14.8. The molecule has 1 fully saturated rings. The van der Waals surface area contributed by atoms with Gasteiger partial charge in [0, 0.05) is 12.6 Å². The number of piperidine rings is 1. The van der Waals surface area contributed by atoms with Crippen LogP contribution in [0.3, 0.4) is 0 Å². The molecule has 0 radical (unpaired) electrons. The zero-order valence-electron chi connectivity index (χ0n) is 12.0. The third kappa shape index (κ3) is 4.21. The van der Waals surface area contributed by atoms with Crippen LogP contribution >= 0.6 is 0 Å². The van der Waals surface area contributed by atoms with Crippen LogP contribution in [0.4, 0.5) is 0 Å². The molecule has 1 amide bonds. The van der Waals surface area contributed by atoms with Crippen LogP contribution in [0.2, 0.25) is 0 Å². The highest BCUT2D eigenvalue weighted by Gasteiger charge is 2.22. The number of hydrogen-bond acceptors (Lipinski definition) is 4. The van der Waals surface area contributed by atoms with E-state index in [4.69, 9.17) is 10.5 Å². The van der Waals surface area contributed by atoms with Crippen LogP contribution < -0.4 is 15.8 Å². The van der Waals surface area contributed by atoms with Gasteiger partial charge >= 0.3 is 0 Å². The van der Waals surface area contributed by atoms with Crippen molar-refractivity contribution in [3.63, 3.8) is 0 Å². The molecule has 0 atom stereocenters. The van der Waals surface area contributed by atoms with E-state index in [0.29, 0.717) is 12.6 Å². The average molecular weight is 277 g/mol. The predicted molar refractivity (Wildman–Crippen MR) is 78.5 cm³/mol. The van der Waals surface area contributed by atoms with Gasteiger partial charge in [0.1, 0.15) is 5.75 Å². The number of carbonyl (C=O) groups excluding carboxylic acids is 1. The van der Waals surface area contributed by atoms with Gasteiger partial charge in [0.25, 0.3) is 0 Å². The molecule has 1 aromatic rings. The lowest BCUT2D eigenvalue weighted by atomic mass is 10.0. The Morgan fingerprint density at radius 2 is 2.00 bits per heavy atom. The third-order valence-electron chi connectivity index (χ3n) is 3.73. The van der Waals surface area contributed by atoms with Gasteiger partial charge in [-0.25, -0.2) is 0 Å². The summed E-state index contributed by atoms with van der Waals surface area (Å²) in [5.74, 6) is 0.578. The van der Waals surface area contributed by atoms with Crippen molar-refractivity contribution < 1.29 is 9.53 Å². The van der Waals surface area contributed by atoms with Gasteiger partial charge in [0.2, 0.25) is 5.91 Å². The Morgan fingerprint density at radius 1 is 1.35 bits per heavy atom. The Bertz CT molecular complexity index is 427. The van der Waals surface area contributed by atoms with Crippen LogP contribution in [0.1, 0.15) is 18.4 Å². The molecular formula is C15H23N3O2. The SMILES string of the molecule is COc1ccc(CN(CC(N)=O)C2CCNCC2)cc1. The van der Waals surface area contributed by atoms with E-state index in [1.807, 2.05) is 24.3 Å². The van der Waals surface area contributed by atoms with E-state index in [2.05, 4.69) is 10.2 Å². The largest absolute Gasteiger partial charge is 0.497 e. The number of methoxy groups -OCH3 is 1. The zero-order chi connectivity index (χ0) is 14.4. The van der Waals surface area contributed by atoms with Gasteiger partial charge in [-0.2, -0.15) is 0 Å². The summed E-state index contributed by atoms with van der Waals surface area (Å²) in [7, 11) is 1.66. The fourth-order valence-electron chi connectivity index (χ4n) is 2.65. The summed E-state index contributed by atoms with van der Waals surface area (Å²) >= 11 is 0. The van der Waals surface area contributed by atoms with E-state index in [0.717, 1.165) is 38.2 Å². The number of nitrogens with zero attached hydrogens (tertiary/aromatic N) is 1. The van der Waals surface area contributed by atoms with Crippen molar-refractivity contribution in [2.75, 3.05) is 26.7 Å². The third-order valence-corrected chi connectivity index (χ3v) is 3.73. The smallest absolute Gasteiger partial charge is 0.231 e. The number of primary amides is 1. The van der Waals surface area contributed by atoms with Gasteiger partial charge in [-0.05, 0) is 43.6 Å². The minimum absolute atomic E-state index is 0.267. The van der Waals surface area contributed by atoms with Gasteiger partial charge in [0.05, 0.1) is 13.7 Å². The molecule has 1 saturated heterocycles. The lowest BCUT2D eigenvalue weighted by Crippen LogP contribution is -2.46. The Labute approximate surface area is 120 Å². The van der Waals surface area contributed by atoms with Gasteiger partial charge in [0.15, 0.2) is 0 Å². The van der Waals surface area contributed by atoms with E-state index in [-0.39, 0.29) is 5.91 Å². The number of nitrogens with one attached hydrogen (secondary N) is 1. The van der Waals surface area contributed by atoms with Crippen molar-refractivity contribution in [3.8, 4) is 5.75 Å². The lowest BCUT2D eigenvalue weighted by Gasteiger charge is -2.33. The second-order valence-corrected chi connectivity index (χ2v) is 5.20. The first-order valence-electron chi connectivity index (χ1n) is 7.05.